The summed E-state index contributed by atoms with van der Waals surface area (Å²) >= 11 is 3.50. The molecule has 1 unspecified atom stereocenters. The summed E-state index contributed by atoms with van der Waals surface area (Å²) in [6, 6.07) is 6.43. The quantitative estimate of drug-likeness (QED) is 0.760. The van der Waals surface area contributed by atoms with Crippen LogP contribution in [-0.2, 0) is 6.42 Å². The minimum absolute atomic E-state index is 0.0351. The summed E-state index contributed by atoms with van der Waals surface area (Å²) in [7, 11) is 0. The van der Waals surface area contributed by atoms with E-state index in [2.05, 4.69) is 63.3 Å². The van der Waals surface area contributed by atoms with Gasteiger partial charge in [0.2, 0.25) is 0 Å². The number of benzene rings is 1. The molecule has 124 valence electrons. The molecule has 0 radical (unpaired) electrons. The molecule has 23 heavy (non-hydrogen) atoms. The van der Waals surface area contributed by atoms with E-state index in [0.29, 0.717) is 6.54 Å². The van der Waals surface area contributed by atoms with E-state index in [0.717, 1.165) is 34.6 Å². The maximum Gasteiger partial charge on any atom is 0.144 e. The molecule has 1 N–H and O–H groups in total. The Labute approximate surface area is 146 Å². The lowest BCUT2D eigenvalue weighted by atomic mass is 10.1. The molecule has 1 heterocycles. The number of aryl methyl sites for hydroxylation is 3. The number of nitrogens with zero attached hydrogens (tertiary/aromatic N) is 2. The fraction of sp³-hybridized carbons (Fsp3) is 0.444. The van der Waals surface area contributed by atoms with Gasteiger partial charge in [-0.25, -0.2) is 9.97 Å². The van der Waals surface area contributed by atoms with Gasteiger partial charge in [-0.3, -0.25) is 0 Å². The maximum absolute atomic E-state index is 6.05. The average molecular weight is 378 g/mol. The summed E-state index contributed by atoms with van der Waals surface area (Å²) in [5.74, 6) is 1.74. The van der Waals surface area contributed by atoms with Gasteiger partial charge in [-0.05, 0) is 60.3 Å². The average Bonchev–Trinajstić information content (AvgIpc) is 2.52. The molecule has 4 nitrogen and oxygen atoms in total. The van der Waals surface area contributed by atoms with Crippen molar-refractivity contribution in [2.45, 2.75) is 46.6 Å². The number of nitrogens with one attached hydrogen (secondary N) is 1. The molecule has 1 aromatic carbocycles. The minimum Gasteiger partial charge on any atom is -0.489 e. The molecule has 2 aromatic rings. The Hall–Kier alpha value is -1.62. The fourth-order valence-corrected chi connectivity index (χ4v) is 2.71. The lowest BCUT2D eigenvalue weighted by Crippen LogP contribution is -2.23. The van der Waals surface area contributed by atoms with Gasteiger partial charge in [0.15, 0.2) is 0 Å². The lowest BCUT2D eigenvalue weighted by Gasteiger charge is -2.18. The molecule has 0 amide bonds. The van der Waals surface area contributed by atoms with Crippen LogP contribution in [0.2, 0.25) is 0 Å². The zero-order valence-corrected chi connectivity index (χ0v) is 15.8. The van der Waals surface area contributed by atoms with Crippen molar-refractivity contribution in [3.05, 3.63) is 45.8 Å². The molecule has 0 bridgehead atoms. The van der Waals surface area contributed by atoms with Crippen molar-refractivity contribution in [2.24, 2.45) is 0 Å². The largest absolute Gasteiger partial charge is 0.489 e. The standard InChI is InChI=1S/C18H24BrN3O/c1-5-6-15-7-8-16(12(2)9-15)23-13(3)10-20-18-17(19)14(4)21-11-22-18/h7-9,11,13H,5-6,10H2,1-4H3,(H,20,21,22). The molecule has 0 saturated heterocycles. The number of ether oxygens (including phenoxy) is 1. The number of rotatable bonds is 7. The lowest BCUT2D eigenvalue weighted by molar-refractivity contribution is 0.233. The molecular formula is C18H24BrN3O. The Balaban J connectivity index is 1.94. The molecule has 0 saturated carbocycles. The molecule has 0 aliphatic carbocycles. The van der Waals surface area contributed by atoms with Crippen molar-refractivity contribution in [2.75, 3.05) is 11.9 Å². The highest BCUT2D eigenvalue weighted by Gasteiger charge is 2.10. The van der Waals surface area contributed by atoms with E-state index in [1.54, 1.807) is 6.33 Å². The third-order valence-corrected chi connectivity index (χ3v) is 4.58. The molecule has 0 fully saturated rings. The first-order valence-electron chi connectivity index (χ1n) is 7.98. The van der Waals surface area contributed by atoms with Gasteiger partial charge in [0.25, 0.3) is 0 Å². The summed E-state index contributed by atoms with van der Waals surface area (Å²) in [5, 5.41) is 3.30. The Morgan fingerprint density at radius 2 is 2.04 bits per heavy atom. The second kappa shape index (κ2) is 8.29. The smallest absolute Gasteiger partial charge is 0.144 e. The number of aromatic nitrogens is 2. The van der Waals surface area contributed by atoms with Crippen LogP contribution in [-0.4, -0.2) is 22.6 Å². The topological polar surface area (TPSA) is 47.0 Å². The van der Waals surface area contributed by atoms with Crippen LogP contribution in [0.5, 0.6) is 5.75 Å². The second-order valence-electron chi connectivity index (χ2n) is 5.78. The van der Waals surface area contributed by atoms with Crippen LogP contribution in [0.3, 0.4) is 0 Å². The van der Waals surface area contributed by atoms with Crippen molar-refractivity contribution in [3.8, 4) is 5.75 Å². The first kappa shape index (κ1) is 17.7. The molecule has 0 aliphatic heterocycles. The van der Waals surface area contributed by atoms with Crippen LogP contribution in [0.25, 0.3) is 0 Å². The molecular weight excluding hydrogens is 354 g/mol. The van der Waals surface area contributed by atoms with Gasteiger partial charge in [-0.15, -0.1) is 0 Å². The van der Waals surface area contributed by atoms with Crippen LogP contribution in [0.15, 0.2) is 29.0 Å². The zero-order chi connectivity index (χ0) is 16.8. The minimum atomic E-state index is 0.0351. The Bertz CT molecular complexity index is 661. The van der Waals surface area contributed by atoms with Crippen molar-refractivity contribution in [3.63, 3.8) is 0 Å². The predicted octanol–water partition coefficient (Wildman–Crippen LogP) is 4.69. The van der Waals surface area contributed by atoms with E-state index in [1.165, 1.54) is 11.1 Å². The number of halogens is 1. The van der Waals surface area contributed by atoms with E-state index in [9.17, 15) is 0 Å². The van der Waals surface area contributed by atoms with Gasteiger partial charge >= 0.3 is 0 Å². The van der Waals surface area contributed by atoms with Crippen LogP contribution in [0.4, 0.5) is 5.82 Å². The van der Waals surface area contributed by atoms with Crippen molar-refractivity contribution >= 4 is 21.7 Å². The van der Waals surface area contributed by atoms with E-state index >= 15 is 0 Å². The molecule has 0 aliphatic rings. The highest BCUT2D eigenvalue weighted by molar-refractivity contribution is 9.10. The van der Waals surface area contributed by atoms with Crippen LogP contribution in [0.1, 0.15) is 37.1 Å². The van der Waals surface area contributed by atoms with E-state index in [1.807, 2.05) is 13.8 Å². The predicted molar refractivity (Wildman–Crippen MR) is 98.2 cm³/mol. The first-order valence-corrected chi connectivity index (χ1v) is 8.77. The fourth-order valence-electron chi connectivity index (χ4n) is 2.37. The Kier molecular flexibility index (Phi) is 6.39. The molecule has 5 heteroatoms. The monoisotopic (exact) mass is 377 g/mol. The highest BCUT2D eigenvalue weighted by Crippen LogP contribution is 2.23. The van der Waals surface area contributed by atoms with Crippen LogP contribution in [0, 0.1) is 13.8 Å². The summed E-state index contributed by atoms with van der Waals surface area (Å²) < 4.78 is 6.94. The highest BCUT2D eigenvalue weighted by atomic mass is 79.9. The third-order valence-electron chi connectivity index (χ3n) is 3.63. The van der Waals surface area contributed by atoms with Crippen LogP contribution < -0.4 is 10.1 Å². The van der Waals surface area contributed by atoms with Gasteiger partial charge in [-0.2, -0.15) is 0 Å². The normalized spacial score (nSPS) is 12.0. The third kappa shape index (κ3) is 4.93. The van der Waals surface area contributed by atoms with E-state index < -0.39 is 0 Å². The number of anilines is 1. The summed E-state index contributed by atoms with van der Waals surface area (Å²) in [6.07, 6.45) is 3.87. The molecule has 2 rings (SSSR count). The van der Waals surface area contributed by atoms with Crippen molar-refractivity contribution in [1.82, 2.24) is 9.97 Å². The Morgan fingerprint density at radius 3 is 2.74 bits per heavy atom. The maximum atomic E-state index is 6.05. The molecule has 1 atom stereocenters. The van der Waals surface area contributed by atoms with Gasteiger partial charge < -0.3 is 10.1 Å². The number of hydrogen-bond acceptors (Lipinski definition) is 4. The van der Waals surface area contributed by atoms with Gasteiger partial charge in [-0.1, -0.05) is 25.5 Å². The Morgan fingerprint density at radius 1 is 1.26 bits per heavy atom. The van der Waals surface area contributed by atoms with E-state index in [4.69, 9.17) is 4.74 Å². The van der Waals surface area contributed by atoms with Gasteiger partial charge in [0.1, 0.15) is 24.0 Å². The molecule has 0 spiro atoms. The van der Waals surface area contributed by atoms with Gasteiger partial charge in [0, 0.05) is 0 Å². The van der Waals surface area contributed by atoms with Crippen LogP contribution >= 0.6 is 15.9 Å². The SMILES string of the molecule is CCCc1ccc(OC(C)CNc2ncnc(C)c2Br)c(C)c1. The summed E-state index contributed by atoms with van der Waals surface area (Å²) in [6.45, 7) is 8.96. The zero-order valence-electron chi connectivity index (χ0n) is 14.2. The summed E-state index contributed by atoms with van der Waals surface area (Å²) in [5.41, 5.74) is 3.46. The van der Waals surface area contributed by atoms with Crippen molar-refractivity contribution in [1.29, 1.82) is 0 Å². The van der Waals surface area contributed by atoms with E-state index in [-0.39, 0.29) is 6.10 Å². The molecule has 1 aromatic heterocycles. The van der Waals surface area contributed by atoms with Gasteiger partial charge in [0.05, 0.1) is 16.7 Å². The van der Waals surface area contributed by atoms with Crippen molar-refractivity contribution < 1.29 is 4.74 Å². The second-order valence-corrected chi connectivity index (χ2v) is 6.57. The first-order chi connectivity index (χ1) is 11.0. The number of hydrogen-bond donors (Lipinski definition) is 1. The summed E-state index contributed by atoms with van der Waals surface area (Å²) in [4.78, 5) is 8.38.